The van der Waals surface area contributed by atoms with Gasteiger partial charge in [0, 0.05) is 18.3 Å². The molecule has 1 aliphatic rings. The smallest absolute Gasteiger partial charge is 0.368 e. The van der Waals surface area contributed by atoms with Crippen LogP contribution in [0.1, 0.15) is 31.4 Å². The number of hydrogen-bond donors (Lipinski definition) is 4. The number of nitrogens with two attached hydrogens (primary N) is 1. The van der Waals surface area contributed by atoms with E-state index in [0.29, 0.717) is 24.4 Å². The second-order valence-electron chi connectivity index (χ2n) is 5.91. The lowest BCUT2D eigenvalue weighted by Gasteiger charge is -2.33. The number of aromatic nitrogens is 2. The van der Waals surface area contributed by atoms with Crippen molar-refractivity contribution in [1.82, 2.24) is 20.7 Å². The van der Waals surface area contributed by atoms with E-state index in [2.05, 4.69) is 26.1 Å². The van der Waals surface area contributed by atoms with Crippen molar-refractivity contribution in [3.63, 3.8) is 0 Å². The van der Waals surface area contributed by atoms with Gasteiger partial charge in [-0.2, -0.15) is 18.2 Å². The van der Waals surface area contributed by atoms with Crippen LogP contribution < -0.4 is 21.9 Å². The molecule has 0 aromatic carbocycles. The number of nitrogens with zero attached hydrogens (tertiary/aromatic N) is 2. The summed E-state index contributed by atoms with van der Waals surface area (Å²) in [5.41, 5.74) is 11.0. The van der Waals surface area contributed by atoms with Gasteiger partial charge in [-0.25, -0.2) is 9.78 Å². The van der Waals surface area contributed by atoms with E-state index in [1.54, 1.807) is 13.0 Å². The van der Waals surface area contributed by atoms with E-state index in [0.717, 1.165) is 6.42 Å². The summed E-state index contributed by atoms with van der Waals surface area (Å²) >= 11 is 0. The number of hydrazine groups is 1. The van der Waals surface area contributed by atoms with Gasteiger partial charge in [-0.3, -0.25) is 10.9 Å². The van der Waals surface area contributed by atoms with Crippen molar-refractivity contribution >= 4 is 17.8 Å². The highest BCUT2D eigenvalue weighted by Gasteiger charge is 2.45. The number of anilines is 2. The summed E-state index contributed by atoms with van der Waals surface area (Å²) in [6.07, 6.45) is -2.33. The molecule has 7 nitrogen and oxygen atoms in total. The molecule has 0 spiro atoms. The Balaban J connectivity index is 1.81. The second kappa shape index (κ2) is 7.54. The van der Waals surface area contributed by atoms with Crippen molar-refractivity contribution in [2.24, 2.45) is 11.8 Å². The van der Waals surface area contributed by atoms with Gasteiger partial charge in [-0.05, 0) is 25.7 Å². The number of halogens is 3. The van der Waals surface area contributed by atoms with Crippen molar-refractivity contribution in [2.45, 2.75) is 38.8 Å². The summed E-state index contributed by atoms with van der Waals surface area (Å²) in [4.78, 5) is 19.5. The molecule has 2 atom stereocenters. The van der Waals surface area contributed by atoms with Crippen LogP contribution in [-0.2, 0) is 0 Å². The van der Waals surface area contributed by atoms with Gasteiger partial charge in [-0.15, -0.1) is 0 Å². The van der Waals surface area contributed by atoms with Gasteiger partial charge >= 0.3 is 12.2 Å². The molecule has 10 heteroatoms. The van der Waals surface area contributed by atoms with Crippen LogP contribution in [-0.4, -0.2) is 28.7 Å². The zero-order chi connectivity index (χ0) is 17.7. The Morgan fingerprint density at radius 2 is 2.04 bits per heavy atom. The van der Waals surface area contributed by atoms with Gasteiger partial charge in [-0.1, -0.05) is 12.8 Å². The van der Waals surface area contributed by atoms with E-state index in [-0.39, 0.29) is 18.9 Å². The monoisotopic (exact) mass is 346 g/mol. The number of rotatable bonds is 4. The molecule has 5 N–H and O–H groups in total. The summed E-state index contributed by atoms with van der Waals surface area (Å²) < 4.78 is 39.0. The summed E-state index contributed by atoms with van der Waals surface area (Å²) in [5.74, 6) is -1.61. The summed E-state index contributed by atoms with van der Waals surface area (Å²) in [5, 5.41) is 2.47. The number of aryl methyl sites for hydroxylation is 1. The van der Waals surface area contributed by atoms with E-state index in [1.807, 2.05) is 0 Å². The predicted molar refractivity (Wildman–Crippen MR) is 82.8 cm³/mol. The highest BCUT2D eigenvalue weighted by Crippen LogP contribution is 2.41. The second-order valence-corrected chi connectivity index (χ2v) is 5.91. The van der Waals surface area contributed by atoms with Crippen molar-refractivity contribution in [1.29, 1.82) is 0 Å². The van der Waals surface area contributed by atoms with Gasteiger partial charge in [0.25, 0.3) is 0 Å². The van der Waals surface area contributed by atoms with Gasteiger partial charge < -0.3 is 11.1 Å². The predicted octanol–water partition coefficient (Wildman–Crippen LogP) is 2.36. The van der Waals surface area contributed by atoms with Crippen molar-refractivity contribution in [3.8, 4) is 0 Å². The van der Waals surface area contributed by atoms with Gasteiger partial charge in [0.05, 0.1) is 5.92 Å². The largest absolute Gasteiger partial charge is 0.392 e. The molecular weight excluding hydrogens is 325 g/mol. The van der Waals surface area contributed by atoms with E-state index in [1.165, 1.54) is 0 Å². The lowest BCUT2D eigenvalue weighted by molar-refractivity contribution is -0.195. The molecule has 0 aliphatic heterocycles. The number of nitrogen functional groups attached to an aromatic ring is 1. The standard InChI is InChI=1S/C14H21F3N6O/c1-8-6-11(21-12(18)20-8)22-23-13(24)19-7-9-4-2-3-5-10(9)14(15,16)17/h6,9-10H,2-5,7H2,1H3,(H2,19,23,24)(H3,18,20,21,22)/t9-,10-/m0/s1. The van der Waals surface area contributed by atoms with Gasteiger partial charge in [0.15, 0.2) is 0 Å². The van der Waals surface area contributed by atoms with Crippen LogP contribution in [0.2, 0.25) is 0 Å². The third kappa shape index (κ3) is 5.14. The number of urea groups is 1. The number of hydrogen-bond acceptors (Lipinski definition) is 5. The van der Waals surface area contributed by atoms with Gasteiger partial charge in [0.2, 0.25) is 5.95 Å². The van der Waals surface area contributed by atoms with E-state index >= 15 is 0 Å². The lowest BCUT2D eigenvalue weighted by Crippen LogP contribution is -2.45. The Morgan fingerprint density at radius 1 is 1.33 bits per heavy atom. The fourth-order valence-corrected chi connectivity index (χ4v) is 2.93. The molecule has 0 radical (unpaired) electrons. The molecule has 24 heavy (non-hydrogen) atoms. The first-order valence-electron chi connectivity index (χ1n) is 7.73. The van der Waals surface area contributed by atoms with Crippen LogP contribution >= 0.6 is 0 Å². The molecule has 1 aromatic rings. The maximum atomic E-state index is 13.0. The van der Waals surface area contributed by atoms with Gasteiger partial charge in [0.1, 0.15) is 5.82 Å². The number of carbonyl (C=O) groups excluding carboxylic acids is 1. The first kappa shape index (κ1) is 18.1. The Bertz CT molecular complexity index is 560. The summed E-state index contributed by atoms with van der Waals surface area (Å²) in [7, 11) is 0. The number of carbonyl (C=O) groups is 1. The number of nitrogens with one attached hydrogen (secondary N) is 3. The van der Waals surface area contributed by atoms with Crippen molar-refractivity contribution in [2.75, 3.05) is 17.7 Å². The minimum Gasteiger partial charge on any atom is -0.368 e. The highest BCUT2D eigenvalue weighted by molar-refractivity contribution is 5.75. The Morgan fingerprint density at radius 3 is 2.71 bits per heavy atom. The first-order chi connectivity index (χ1) is 11.3. The SMILES string of the molecule is Cc1cc(NNC(=O)NC[C@@H]2CCCC[C@@H]2C(F)(F)F)nc(N)n1. The average Bonchev–Trinajstić information content (AvgIpc) is 2.49. The fraction of sp³-hybridized carbons (Fsp3) is 0.643. The molecule has 1 heterocycles. The molecule has 0 saturated heterocycles. The van der Waals surface area contributed by atoms with Crippen LogP contribution in [0.3, 0.4) is 0 Å². The number of alkyl halides is 3. The topological polar surface area (TPSA) is 105 Å². The zero-order valence-corrected chi connectivity index (χ0v) is 13.3. The van der Waals surface area contributed by atoms with Crippen molar-refractivity contribution < 1.29 is 18.0 Å². The quantitative estimate of drug-likeness (QED) is 0.627. The fourth-order valence-electron chi connectivity index (χ4n) is 2.93. The van der Waals surface area contributed by atoms with Crippen LogP contribution in [0.4, 0.5) is 29.7 Å². The molecule has 1 fully saturated rings. The van der Waals surface area contributed by atoms with E-state index in [9.17, 15) is 18.0 Å². The van der Waals surface area contributed by atoms with Crippen LogP contribution in [0.5, 0.6) is 0 Å². The first-order valence-corrected chi connectivity index (χ1v) is 7.73. The Labute approximate surface area is 137 Å². The maximum absolute atomic E-state index is 13.0. The molecule has 1 saturated carbocycles. The molecule has 0 unspecified atom stereocenters. The summed E-state index contributed by atoms with van der Waals surface area (Å²) in [6.45, 7) is 1.69. The minimum absolute atomic E-state index is 0.0252. The number of amides is 2. The normalized spacial score (nSPS) is 21.2. The molecule has 2 rings (SSSR count). The third-order valence-corrected chi connectivity index (χ3v) is 4.03. The molecule has 1 aliphatic carbocycles. The van der Waals surface area contributed by atoms with E-state index in [4.69, 9.17) is 5.73 Å². The molecule has 2 amide bonds. The van der Waals surface area contributed by atoms with Crippen LogP contribution in [0.15, 0.2) is 6.07 Å². The minimum atomic E-state index is -4.22. The Kier molecular flexibility index (Phi) is 5.68. The molecular formula is C14H21F3N6O. The van der Waals surface area contributed by atoms with E-state index < -0.39 is 24.0 Å². The average molecular weight is 346 g/mol. The van der Waals surface area contributed by atoms with Crippen LogP contribution in [0, 0.1) is 18.8 Å². The summed E-state index contributed by atoms with van der Waals surface area (Å²) in [6, 6.07) is 0.939. The Hall–Kier alpha value is -2.26. The molecule has 1 aromatic heterocycles. The lowest BCUT2D eigenvalue weighted by atomic mass is 9.79. The highest BCUT2D eigenvalue weighted by atomic mass is 19.4. The maximum Gasteiger partial charge on any atom is 0.392 e. The van der Waals surface area contributed by atoms with Crippen LogP contribution in [0.25, 0.3) is 0 Å². The third-order valence-electron chi connectivity index (χ3n) is 4.03. The van der Waals surface area contributed by atoms with Crippen molar-refractivity contribution in [3.05, 3.63) is 11.8 Å². The zero-order valence-electron chi connectivity index (χ0n) is 13.3. The molecule has 0 bridgehead atoms. The molecule has 134 valence electrons.